The molecular weight excluding hydrogens is 454 g/mol. The fraction of sp³-hybridized carbons (Fsp3) is 0.192. The van der Waals surface area contributed by atoms with Gasteiger partial charge in [-0.2, -0.15) is 0 Å². The first-order valence-electron chi connectivity index (χ1n) is 10.9. The van der Waals surface area contributed by atoms with Crippen LogP contribution in [0.3, 0.4) is 0 Å². The Kier molecular flexibility index (Phi) is 7.13. The number of hydrogen-bond donors (Lipinski definition) is 3. The summed E-state index contributed by atoms with van der Waals surface area (Å²) in [6.45, 7) is 0.272. The molecule has 1 heterocycles. The molecule has 0 saturated heterocycles. The van der Waals surface area contributed by atoms with E-state index in [2.05, 4.69) is 10.6 Å². The van der Waals surface area contributed by atoms with Crippen LogP contribution in [0, 0.1) is 0 Å². The molecule has 7 nitrogen and oxygen atoms in total. The lowest BCUT2D eigenvalue weighted by atomic mass is 9.91. The maximum atomic E-state index is 13.8. The van der Waals surface area contributed by atoms with Crippen LogP contribution in [0.15, 0.2) is 78.9 Å². The third kappa shape index (κ3) is 5.55. The molecule has 0 fully saturated rings. The average Bonchev–Trinajstić information content (AvgIpc) is 2.82. The van der Waals surface area contributed by atoms with Gasteiger partial charge in [-0.25, -0.2) is 4.79 Å². The number of aliphatic carboxylic acids is 1. The SMILES string of the molecule is O=C(O)C[C@H]1Cc2ccccc2CN1C(=O)[C@@H](NC(=O)Nc1cccc(Cl)c1)c1ccccc1. The molecule has 1 aliphatic heterocycles. The Balaban J connectivity index is 1.61. The van der Waals surface area contributed by atoms with Crippen molar-refractivity contribution < 1.29 is 19.5 Å². The number of carbonyl (C=O) groups excluding carboxylic acids is 2. The summed E-state index contributed by atoms with van der Waals surface area (Å²) in [6.07, 6.45) is 0.251. The first-order chi connectivity index (χ1) is 16.4. The fourth-order valence-electron chi connectivity index (χ4n) is 4.19. The van der Waals surface area contributed by atoms with Crippen molar-refractivity contribution >= 4 is 35.2 Å². The number of nitrogens with zero attached hydrogens (tertiary/aromatic N) is 1. The topological polar surface area (TPSA) is 98.7 Å². The molecule has 3 aromatic carbocycles. The molecule has 0 aliphatic carbocycles. The monoisotopic (exact) mass is 477 g/mol. The van der Waals surface area contributed by atoms with Gasteiger partial charge in [-0.3, -0.25) is 9.59 Å². The number of hydrogen-bond acceptors (Lipinski definition) is 3. The molecule has 4 rings (SSSR count). The highest BCUT2D eigenvalue weighted by molar-refractivity contribution is 6.30. The number of carboxylic acid groups (broad SMARTS) is 1. The zero-order chi connectivity index (χ0) is 24.1. The van der Waals surface area contributed by atoms with Crippen molar-refractivity contribution in [3.05, 3.63) is 101 Å². The van der Waals surface area contributed by atoms with Gasteiger partial charge in [0.1, 0.15) is 6.04 Å². The molecule has 0 saturated carbocycles. The number of fused-ring (bicyclic) bond motifs is 1. The van der Waals surface area contributed by atoms with Crippen molar-refractivity contribution in [2.24, 2.45) is 0 Å². The highest BCUT2D eigenvalue weighted by atomic mass is 35.5. The van der Waals surface area contributed by atoms with Crippen molar-refractivity contribution in [3.63, 3.8) is 0 Å². The van der Waals surface area contributed by atoms with Gasteiger partial charge in [0.2, 0.25) is 5.91 Å². The van der Waals surface area contributed by atoms with Crippen LogP contribution in [-0.2, 0) is 22.6 Å². The molecule has 2 atom stereocenters. The number of urea groups is 1. The molecule has 34 heavy (non-hydrogen) atoms. The lowest BCUT2D eigenvalue weighted by molar-refractivity contribution is -0.142. The van der Waals surface area contributed by atoms with E-state index in [4.69, 9.17) is 11.6 Å². The second-order valence-corrected chi connectivity index (χ2v) is 8.58. The van der Waals surface area contributed by atoms with Crippen LogP contribution in [0.4, 0.5) is 10.5 Å². The van der Waals surface area contributed by atoms with Gasteiger partial charge in [-0.1, -0.05) is 72.3 Å². The zero-order valence-electron chi connectivity index (χ0n) is 18.3. The van der Waals surface area contributed by atoms with Gasteiger partial charge in [0, 0.05) is 23.3 Å². The Bertz CT molecular complexity index is 1200. The number of carboxylic acids is 1. The van der Waals surface area contributed by atoms with Gasteiger partial charge in [0.25, 0.3) is 0 Å². The first kappa shape index (κ1) is 23.3. The summed E-state index contributed by atoms with van der Waals surface area (Å²) < 4.78 is 0. The maximum absolute atomic E-state index is 13.8. The number of halogens is 1. The van der Waals surface area contributed by atoms with E-state index in [1.165, 1.54) is 0 Å². The molecule has 3 amide bonds. The van der Waals surface area contributed by atoms with E-state index >= 15 is 0 Å². The maximum Gasteiger partial charge on any atom is 0.320 e. The standard InChI is InChI=1S/C26H24ClN3O4/c27-20-11-6-12-21(14-20)28-26(34)29-24(17-7-2-1-3-8-17)25(33)30-16-19-10-5-4-9-18(19)13-22(30)15-23(31)32/h1-12,14,22,24H,13,15-16H2,(H,31,32)(H2,28,29,34)/t22-,24+/m1/s1. The van der Waals surface area contributed by atoms with Crippen molar-refractivity contribution in [3.8, 4) is 0 Å². The highest BCUT2D eigenvalue weighted by Crippen LogP contribution is 2.28. The number of anilines is 1. The minimum atomic E-state index is -0.998. The quantitative estimate of drug-likeness (QED) is 0.482. The normalized spacial score (nSPS) is 15.7. The van der Waals surface area contributed by atoms with Gasteiger partial charge in [0.15, 0.2) is 0 Å². The summed E-state index contributed by atoms with van der Waals surface area (Å²) >= 11 is 6.00. The predicted octanol–water partition coefficient (Wildman–Crippen LogP) is 4.63. The molecule has 1 aliphatic rings. The minimum absolute atomic E-state index is 0.184. The summed E-state index contributed by atoms with van der Waals surface area (Å²) in [5.74, 6) is -1.35. The molecule has 0 aromatic heterocycles. The molecule has 0 spiro atoms. The summed E-state index contributed by atoms with van der Waals surface area (Å²) in [7, 11) is 0. The van der Waals surface area contributed by atoms with E-state index in [9.17, 15) is 19.5 Å². The van der Waals surface area contributed by atoms with Crippen molar-refractivity contribution in [1.29, 1.82) is 0 Å². The second kappa shape index (κ2) is 10.4. The van der Waals surface area contributed by atoms with Crippen LogP contribution >= 0.6 is 11.6 Å². The lowest BCUT2D eigenvalue weighted by Crippen LogP contribution is -2.50. The Morgan fingerprint density at radius 2 is 1.68 bits per heavy atom. The van der Waals surface area contributed by atoms with Crippen molar-refractivity contribution in [2.75, 3.05) is 5.32 Å². The summed E-state index contributed by atoms with van der Waals surface area (Å²) in [4.78, 5) is 39.8. The van der Waals surface area contributed by atoms with Gasteiger partial charge < -0.3 is 20.6 Å². The summed E-state index contributed by atoms with van der Waals surface area (Å²) in [5, 5.41) is 15.4. The number of amides is 3. The number of carbonyl (C=O) groups is 3. The minimum Gasteiger partial charge on any atom is -0.481 e. The molecule has 8 heteroatoms. The number of nitrogens with one attached hydrogen (secondary N) is 2. The van der Waals surface area contributed by atoms with Gasteiger partial charge in [-0.05, 0) is 41.3 Å². The van der Waals surface area contributed by atoms with Crippen LogP contribution < -0.4 is 10.6 Å². The zero-order valence-corrected chi connectivity index (χ0v) is 19.0. The number of benzene rings is 3. The van der Waals surface area contributed by atoms with Gasteiger partial charge >= 0.3 is 12.0 Å². The smallest absolute Gasteiger partial charge is 0.320 e. The van der Waals surface area contributed by atoms with E-state index < -0.39 is 24.1 Å². The van der Waals surface area contributed by atoms with Gasteiger partial charge in [-0.15, -0.1) is 0 Å². The van der Waals surface area contributed by atoms with Crippen LogP contribution in [0.1, 0.15) is 29.2 Å². The van der Waals surface area contributed by atoms with E-state index in [0.717, 1.165) is 11.1 Å². The molecule has 3 aromatic rings. The Labute approximate surface area is 202 Å². The molecular formula is C26H24ClN3O4. The second-order valence-electron chi connectivity index (χ2n) is 8.14. The third-order valence-corrected chi connectivity index (χ3v) is 6.02. The summed E-state index contributed by atoms with van der Waals surface area (Å²) in [5.41, 5.74) is 3.08. The lowest BCUT2D eigenvalue weighted by Gasteiger charge is -2.38. The van der Waals surface area contributed by atoms with Crippen molar-refractivity contribution in [2.45, 2.75) is 31.5 Å². The van der Waals surface area contributed by atoms with E-state index in [0.29, 0.717) is 22.7 Å². The molecule has 0 bridgehead atoms. The number of rotatable bonds is 6. The Morgan fingerprint density at radius 1 is 0.971 bits per heavy atom. The Hall–Kier alpha value is -3.84. The molecule has 174 valence electrons. The van der Waals surface area contributed by atoms with E-state index in [-0.39, 0.29) is 18.9 Å². The van der Waals surface area contributed by atoms with Crippen LogP contribution in [0.25, 0.3) is 0 Å². The highest BCUT2D eigenvalue weighted by Gasteiger charge is 2.36. The fourth-order valence-corrected chi connectivity index (χ4v) is 4.38. The third-order valence-electron chi connectivity index (χ3n) is 5.79. The molecule has 3 N–H and O–H groups in total. The van der Waals surface area contributed by atoms with E-state index in [1.54, 1.807) is 53.4 Å². The van der Waals surface area contributed by atoms with Crippen LogP contribution in [0.5, 0.6) is 0 Å². The predicted molar refractivity (Wildman–Crippen MR) is 130 cm³/mol. The van der Waals surface area contributed by atoms with Crippen LogP contribution in [-0.4, -0.2) is 34.0 Å². The van der Waals surface area contributed by atoms with Crippen LogP contribution in [0.2, 0.25) is 5.02 Å². The van der Waals surface area contributed by atoms with E-state index in [1.807, 2.05) is 30.3 Å². The average molecular weight is 478 g/mol. The van der Waals surface area contributed by atoms with Crippen molar-refractivity contribution in [1.82, 2.24) is 10.2 Å². The Morgan fingerprint density at radius 3 is 2.38 bits per heavy atom. The first-order valence-corrected chi connectivity index (χ1v) is 11.3. The molecule has 0 unspecified atom stereocenters. The largest absolute Gasteiger partial charge is 0.481 e. The molecule has 0 radical (unpaired) electrons. The van der Waals surface area contributed by atoms with Gasteiger partial charge in [0.05, 0.1) is 6.42 Å². The summed E-state index contributed by atoms with van der Waals surface area (Å²) in [6, 6.07) is 21.2.